The second kappa shape index (κ2) is 9.80. The zero-order valence-electron chi connectivity index (χ0n) is 11.2. The maximum Gasteiger partial charge on any atom is 1.00 e. The molecule has 21 heavy (non-hydrogen) atoms. The van der Waals surface area contributed by atoms with Crippen LogP contribution in [0.4, 0.5) is 0 Å². The largest absolute Gasteiger partial charge is 1.00 e. The summed E-state index contributed by atoms with van der Waals surface area (Å²) in [6, 6.07) is -1.59. The number of hydrogen-bond donors (Lipinski definition) is 3. The number of nitrogens with one attached hydrogen (secondary N) is 1. The molecule has 0 aromatic heterocycles. The van der Waals surface area contributed by atoms with E-state index in [1.165, 1.54) is 4.72 Å². The predicted octanol–water partition coefficient (Wildman–Crippen LogP) is -9.64. The molecule has 0 aromatic rings. The fraction of sp³-hybridized carbons (Fsp3) is 1.00. The van der Waals surface area contributed by atoms with Gasteiger partial charge in [-0.05, 0) is 0 Å². The van der Waals surface area contributed by atoms with E-state index >= 15 is 0 Å². The van der Waals surface area contributed by atoms with Crippen LogP contribution in [0.15, 0.2) is 0 Å². The molecule has 1 aliphatic heterocycles. The first-order valence-corrected chi connectivity index (χ1v) is 7.57. The molecule has 0 amide bonds. The number of ether oxygens (including phenoxy) is 1. The molecule has 1 rings (SSSR count). The topological polar surface area (TPSA) is 185 Å². The second-order valence-electron chi connectivity index (χ2n) is 3.74. The van der Waals surface area contributed by atoms with Crippen LogP contribution in [0.5, 0.6) is 0 Å². The van der Waals surface area contributed by atoms with E-state index in [9.17, 15) is 36.2 Å². The maximum atomic E-state index is 10.4. The zero-order chi connectivity index (χ0) is 14.8. The van der Waals surface area contributed by atoms with Crippen molar-refractivity contribution in [3.05, 3.63) is 0 Å². The van der Waals surface area contributed by atoms with Gasteiger partial charge in [-0.25, -0.2) is 21.6 Å². The van der Waals surface area contributed by atoms with E-state index in [1.807, 2.05) is 0 Å². The van der Waals surface area contributed by atoms with E-state index in [4.69, 9.17) is 4.74 Å². The van der Waals surface area contributed by atoms with E-state index in [2.05, 4.69) is 4.18 Å². The van der Waals surface area contributed by atoms with E-state index in [1.54, 1.807) is 0 Å². The monoisotopic (exact) mass is 367 g/mol. The van der Waals surface area contributed by atoms with Gasteiger partial charge in [0.2, 0.25) is 10.4 Å². The fourth-order valence-electron chi connectivity index (χ4n) is 1.51. The molecule has 4 atom stereocenters. The summed E-state index contributed by atoms with van der Waals surface area (Å²) >= 11 is 0. The number of hydrogen-bond acceptors (Lipinski definition) is 10. The maximum absolute atomic E-state index is 10.4. The Balaban J connectivity index is 0. The van der Waals surface area contributed by atoms with Gasteiger partial charge < -0.3 is 24.1 Å². The van der Waals surface area contributed by atoms with Crippen LogP contribution < -0.4 is 63.8 Å². The molecular weight excluding hydrogens is 356 g/mol. The second-order valence-corrected chi connectivity index (χ2v) is 5.94. The predicted molar refractivity (Wildman–Crippen MR) is 53.8 cm³/mol. The number of rotatable bonds is 5. The van der Waals surface area contributed by atoms with Gasteiger partial charge in [0.15, 0.2) is 16.6 Å². The Morgan fingerprint density at radius 3 is 2.10 bits per heavy atom. The van der Waals surface area contributed by atoms with Crippen molar-refractivity contribution >= 4 is 20.7 Å². The van der Waals surface area contributed by atoms with Gasteiger partial charge in [0.1, 0.15) is 0 Å². The van der Waals surface area contributed by atoms with Crippen LogP contribution in [0, 0.1) is 0 Å². The van der Waals surface area contributed by atoms with Gasteiger partial charge in [0, 0.05) is 6.42 Å². The third-order valence-corrected chi connectivity index (χ3v) is 3.22. The van der Waals surface area contributed by atoms with E-state index in [-0.39, 0.29) is 65.5 Å². The van der Waals surface area contributed by atoms with Gasteiger partial charge in [0.25, 0.3) is 0 Å². The van der Waals surface area contributed by atoms with Crippen molar-refractivity contribution in [3.8, 4) is 0 Å². The zero-order valence-corrected chi connectivity index (χ0v) is 16.8. The molecule has 0 saturated carbocycles. The van der Waals surface area contributed by atoms with Crippen molar-refractivity contribution in [2.75, 3.05) is 6.61 Å². The summed E-state index contributed by atoms with van der Waals surface area (Å²) in [7, 11) is -9.88. The number of aliphatic hydroxyl groups excluding tert-OH is 2. The quantitative estimate of drug-likeness (QED) is 0.239. The first kappa shape index (κ1) is 24.9. The molecule has 0 bridgehead atoms. The molecule has 0 radical (unpaired) electrons. The third kappa shape index (κ3) is 10.2. The van der Waals surface area contributed by atoms with Crippen molar-refractivity contribution in [3.63, 3.8) is 0 Å². The summed E-state index contributed by atoms with van der Waals surface area (Å²) in [6.07, 6.45) is -4.91. The molecule has 0 spiro atoms. The third-order valence-electron chi connectivity index (χ3n) is 2.24. The summed E-state index contributed by atoms with van der Waals surface area (Å²) in [6.45, 7) is -0.753. The van der Waals surface area contributed by atoms with Crippen LogP contribution in [0.25, 0.3) is 0 Å². The van der Waals surface area contributed by atoms with Crippen molar-refractivity contribution in [1.82, 2.24) is 4.72 Å². The Kier molecular flexibility index (Phi) is 11.6. The van der Waals surface area contributed by atoms with Crippen LogP contribution in [-0.2, 0) is 29.6 Å². The van der Waals surface area contributed by atoms with Gasteiger partial charge in [-0.1, -0.05) is 0 Å². The Hall–Kier alpha value is 1.62. The molecule has 4 unspecified atom stereocenters. The van der Waals surface area contributed by atoms with E-state index < -0.39 is 51.8 Å². The van der Waals surface area contributed by atoms with E-state index in [0.29, 0.717) is 0 Å². The molecule has 1 heterocycles. The molecule has 1 fully saturated rings. The summed E-state index contributed by atoms with van der Waals surface area (Å²) in [5, 5.41) is 18.9. The summed E-state index contributed by atoms with van der Waals surface area (Å²) < 4.78 is 71.9. The van der Waals surface area contributed by atoms with Crippen molar-refractivity contribution in [2.24, 2.45) is 0 Å². The molecular formula is C6H11NNa2O10S2. The van der Waals surface area contributed by atoms with Crippen LogP contribution in [0.3, 0.4) is 0 Å². The molecule has 0 aliphatic carbocycles. The molecule has 15 heteroatoms. The smallest absolute Gasteiger partial charge is 0.735 e. The van der Waals surface area contributed by atoms with Crippen LogP contribution in [-0.4, -0.2) is 67.3 Å². The first-order valence-electron chi connectivity index (χ1n) is 4.83. The van der Waals surface area contributed by atoms with E-state index in [0.717, 1.165) is 0 Å². The van der Waals surface area contributed by atoms with Gasteiger partial charge in [0.05, 0.1) is 24.9 Å². The summed E-state index contributed by atoms with van der Waals surface area (Å²) in [5.74, 6) is 0. The van der Waals surface area contributed by atoms with Crippen molar-refractivity contribution in [2.45, 2.75) is 31.0 Å². The molecule has 11 nitrogen and oxygen atoms in total. The average Bonchev–Trinajstić information content (AvgIpc) is 2.18. The number of aliphatic hydroxyl groups is 2. The van der Waals surface area contributed by atoms with Gasteiger partial charge in [-0.15, -0.1) is 0 Å². The fourth-order valence-corrected chi connectivity index (χ4v) is 2.44. The van der Waals surface area contributed by atoms with Crippen molar-refractivity contribution < 1.29 is 104 Å². The molecule has 114 valence electrons. The van der Waals surface area contributed by atoms with Gasteiger partial charge in [-0.2, -0.15) is 0 Å². The Bertz CT molecular complexity index is 498. The van der Waals surface area contributed by atoms with Gasteiger partial charge >= 0.3 is 59.1 Å². The average molecular weight is 367 g/mol. The Morgan fingerprint density at radius 2 is 1.71 bits per heavy atom. The molecule has 1 aliphatic rings. The minimum Gasteiger partial charge on any atom is -0.735 e. The van der Waals surface area contributed by atoms with Crippen LogP contribution in [0.1, 0.15) is 6.42 Å². The molecule has 1 saturated heterocycles. The standard InChI is InChI=1S/C6H13NO10S2.2Na/c8-4-1-3(2-16-19(13,14)15)17-6(9)5(4)7-18(10,11)12;;/h3-9H,1-2H2,(H,10,11,12)(H,13,14,15);;/q;2*+1/p-2. The Labute approximate surface area is 165 Å². The normalized spacial score (nSPS) is 30.1. The van der Waals surface area contributed by atoms with Crippen LogP contribution in [0.2, 0.25) is 0 Å². The SMILES string of the molecule is O=S(=O)([O-])NC1C(O)CC(COS(=O)(=O)[O-])OC1O.[Na+].[Na+]. The van der Waals surface area contributed by atoms with Gasteiger partial charge in [-0.3, -0.25) is 4.18 Å². The summed E-state index contributed by atoms with van der Waals surface area (Å²) in [4.78, 5) is 0. The first-order chi connectivity index (χ1) is 8.48. The van der Waals surface area contributed by atoms with Crippen molar-refractivity contribution in [1.29, 1.82) is 0 Å². The van der Waals surface area contributed by atoms with Crippen LogP contribution >= 0.6 is 0 Å². The molecule has 0 aromatic carbocycles. The molecule has 3 N–H and O–H groups in total. The Morgan fingerprint density at radius 1 is 1.19 bits per heavy atom. The minimum absolute atomic E-state index is 0. The minimum atomic E-state index is -4.96. The summed E-state index contributed by atoms with van der Waals surface area (Å²) in [5.41, 5.74) is 0.